The first kappa shape index (κ1) is 13.5. The molecule has 0 spiro atoms. The van der Waals surface area contributed by atoms with Crippen LogP contribution in [0.2, 0.25) is 5.28 Å². The van der Waals surface area contributed by atoms with Crippen molar-refractivity contribution in [3.8, 4) is 5.95 Å². The molecule has 3 heterocycles. The molecule has 0 aliphatic rings. The zero-order valence-electron chi connectivity index (χ0n) is 11.2. The first-order valence-electron chi connectivity index (χ1n) is 6.30. The van der Waals surface area contributed by atoms with Gasteiger partial charge in [-0.05, 0) is 30.7 Å². The zero-order chi connectivity index (χ0) is 14.7. The molecule has 21 heavy (non-hydrogen) atoms. The van der Waals surface area contributed by atoms with Gasteiger partial charge in [-0.25, -0.2) is 4.98 Å². The SMILES string of the molecule is CCN(Cc1ccco1)c1nc(Cl)nc(-n2cncn2)n1. The minimum Gasteiger partial charge on any atom is -0.467 e. The summed E-state index contributed by atoms with van der Waals surface area (Å²) in [4.78, 5) is 18.4. The van der Waals surface area contributed by atoms with E-state index in [9.17, 15) is 0 Å². The van der Waals surface area contributed by atoms with E-state index in [1.807, 2.05) is 24.0 Å². The van der Waals surface area contributed by atoms with Crippen LogP contribution in [0.15, 0.2) is 35.5 Å². The molecular weight excluding hydrogens is 294 g/mol. The standard InChI is InChI=1S/C12H12ClN7O/c1-2-19(6-9-4-3-5-21-9)11-16-10(13)17-12(18-11)20-8-14-7-15-20/h3-5,7-8H,2,6H2,1H3. The second-order valence-corrected chi connectivity index (χ2v) is 4.48. The summed E-state index contributed by atoms with van der Waals surface area (Å²) >= 11 is 5.98. The van der Waals surface area contributed by atoms with Crippen LogP contribution in [0, 0.1) is 0 Å². The third-order valence-corrected chi connectivity index (χ3v) is 2.97. The van der Waals surface area contributed by atoms with Crippen molar-refractivity contribution in [2.75, 3.05) is 11.4 Å². The summed E-state index contributed by atoms with van der Waals surface area (Å²) in [5.41, 5.74) is 0. The van der Waals surface area contributed by atoms with Crippen LogP contribution in [-0.2, 0) is 6.54 Å². The minimum absolute atomic E-state index is 0.100. The number of hydrogen-bond donors (Lipinski definition) is 0. The van der Waals surface area contributed by atoms with Crippen molar-refractivity contribution < 1.29 is 4.42 Å². The van der Waals surface area contributed by atoms with Gasteiger partial charge in [-0.15, -0.1) is 0 Å². The number of nitrogens with zero attached hydrogens (tertiary/aromatic N) is 7. The van der Waals surface area contributed by atoms with Gasteiger partial charge in [-0.1, -0.05) is 0 Å². The molecule has 3 aromatic rings. The highest BCUT2D eigenvalue weighted by Gasteiger charge is 2.14. The molecule has 0 unspecified atom stereocenters. The largest absolute Gasteiger partial charge is 0.467 e. The predicted molar refractivity (Wildman–Crippen MR) is 75.2 cm³/mol. The van der Waals surface area contributed by atoms with Gasteiger partial charge in [-0.3, -0.25) is 0 Å². The lowest BCUT2D eigenvalue weighted by Crippen LogP contribution is -2.25. The normalized spacial score (nSPS) is 10.8. The Morgan fingerprint density at radius 3 is 2.90 bits per heavy atom. The number of rotatable bonds is 5. The Labute approximate surface area is 125 Å². The monoisotopic (exact) mass is 305 g/mol. The maximum atomic E-state index is 5.98. The summed E-state index contributed by atoms with van der Waals surface area (Å²) in [5, 5.41) is 4.09. The van der Waals surface area contributed by atoms with Crippen molar-refractivity contribution in [2.45, 2.75) is 13.5 Å². The molecule has 0 fully saturated rings. The van der Waals surface area contributed by atoms with Gasteiger partial charge in [0.1, 0.15) is 18.4 Å². The average Bonchev–Trinajstić information content (AvgIpc) is 3.17. The van der Waals surface area contributed by atoms with Crippen LogP contribution in [0.5, 0.6) is 0 Å². The maximum absolute atomic E-state index is 5.98. The Hall–Kier alpha value is -2.48. The Morgan fingerprint density at radius 2 is 2.24 bits per heavy atom. The summed E-state index contributed by atoms with van der Waals surface area (Å²) in [6.45, 7) is 3.23. The second-order valence-electron chi connectivity index (χ2n) is 4.14. The lowest BCUT2D eigenvalue weighted by molar-refractivity contribution is 0.501. The van der Waals surface area contributed by atoms with E-state index in [4.69, 9.17) is 16.0 Å². The van der Waals surface area contributed by atoms with E-state index in [2.05, 4.69) is 25.0 Å². The Kier molecular flexibility index (Phi) is 3.78. The lowest BCUT2D eigenvalue weighted by atomic mass is 10.4. The van der Waals surface area contributed by atoms with Gasteiger partial charge in [0.05, 0.1) is 12.8 Å². The Bertz CT molecular complexity index is 698. The van der Waals surface area contributed by atoms with E-state index in [0.717, 1.165) is 5.76 Å². The van der Waals surface area contributed by atoms with Gasteiger partial charge in [0.25, 0.3) is 5.95 Å². The molecule has 0 aliphatic carbocycles. The molecule has 3 rings (SSSR count). The molecule has 0 aromatic carbocycles. The van der Waals surface area contributed by atoms with Crippen LogP contribution < -0.4 is 4.90 Å². The molecule has 108 valence electrons. The van der Waals surface area contributed by atoms with E-state index < -0.39 is 0 Å². The number of furan rings is 1. The fourth-order valence-corrected chi connectivity index (χ4v) is 1.95. The van der Waals surface area contributed by atoms with E-state index in [1.54, 1.807) is 6.26 Å². The minimum atomic E-state index is 0.100. The van der Waals surface area contributed by atoms with Crippen molar-refractivity contribution >= 4 is 17.5 Å². The van der Waals surface area contributed by atoms with Crippen molar-refractivity contribution in [3.05, 3.63) is 42.1 Å². The average molecular weight is 306 g/mol. The number of aromatic nitrogens is 6. The van der Waals surface area contributed by atoms with Gasteiger partial charge in [0, 0.05) is 6.54 Å². The summed E-state index contributed by atoms with van der Waals surface area (Å²) in [6.07, 6.45) is 4.53. The lowest BCUT2D eigenvalue weighted by Gasteiger charge is -2.19. The summed E-state index contributed by atoms with van der Waals surface area (Å²) in [7, 11) is 0. The topological polar surface area (TPSA) is 85.8 Å². The van der Waals surface area contributed by atoms with Crippen molar-refractivity contribution in [1.29, 1.82) is 0 Å². The van der Waals surface area contributed by atoms with Crippen molar-refractivity contribution in [2.24, 2.45) is 0 Å². The highest BCUT2D eigenvalue weighted by molar-refractivity contribution is 6.28. The van der Waals surface area contributed by atoms with Crippen LogP contribution in [0.3, 0.4) is 0 Å². The second kappa shape index (κ2) is 5.88. The first-order chi connectivity index (χ1) is 10.3. The van der Waals surface area contributed by atoms with Gasteiger partial charge >= 0.3 is 0 Å². The molecule has 0 bridgehead atoms. The molecule has 0 aliphatic heterocycles. The number of hydrogen-bond acceptors (Lipinski definition) is 7. The van der Waals surface area contributed by atoms with Crippen LogP contribution in [0.25, 0.3) is 5.95 Å². The van der Waals surface area contributed by atoms with Gasteiger partial charge in [-0.2, -0.15) is 24.7 Å². The molecular formula is C12H12ClN7O. The fourth-order valence-electron chi connectivity index (χ4n) is 1.80. The molecule has 0 N–H and O–H groups in total. The fraction of sp³-hybridized carbons (Fsp3) is 0.250. The highest BCUT2D eigenvalue weighted by Crippen LogP contribution is 2.16. The quantitative estimate of drug-likeness (QED) is 0.709. The molecule has 9 heteroatoms. The molecule has 0 saturated heterocycles. The molecule has 0 atom stereocenters. The van der Waals surface area contributed by atoms with Gasteiger partial charge in [0.2, 0.25) is 11.2 Å². The Balaban J connectivity index is 1.93. The summed E-state index contributed by atoms with van der Waals surface area (Å²) < 4.78 is 6.78. The van der Waals surface area contributed by atoms with E-state index in [1.165, 1.54) is 17.3 Å². The third-order valence-electron chi connectivity index (χ3n) is 2.80. The summed E-state index contributed by atoms with van der Waals surface area (Å²) in [5.74, 6) is 1.59. The van der Waals surface area contributed by atoms with E-state index in [0.29, 0.717) is 25.0 Å². The Morgan fingerprint density at radius 1 is 1.33 bits per heavy atom. The number of anilines is 1. The predicted octanol–water partition coefficient (Wildman–Crippen LogP) is 1.73. The van der Waals surface area contributed by atoms with Crippen LogP contribution in [0.1, 0.15) is 12.7 Å². The van der Waals surface area contributed by atoms with Crippen LogP contribution in [-0.4, -0.2) is 36.3 Å². The maximum Gasteiger partial charge on any atom is 0.258 e. The van der Waals surface area contributed by atoms with Crippen LogP contribution >= 0.6 is 11.6 Å². The molecule has 0 saturated carbocycles. The first-order valence-corrected chi connectivity index (χ1v) is 6.68. The van der Waals surface area contributed by atoms with Crippen molar-refractivity contribution in [1.82, 2.24) is 29.7 Å². The molecule has 3 aromatic heterocycles. The zero-order valence-corrected chi connectivity index (χ0v) is 12.0. The highest BCUT2D eigenvalue weighted by atomic mass is 35.5. The smallest absolute Gasteiger partial charge is 0.258 e. The molecule has 8 nitrogen and oxygen atoms in total. The van der Waals surface area contributed by atoms with E-state index in [-0.39, 0.29) is 5.28 Å². The molecule has 0 radical (unpaired) electrons. The van der Waals surface area contributed by atoms with Crippen molar-refractivity contribution in [3.63, 3.8) is 0 Å². The van der Waals surface area contributed by atoms with Crippen LogP contribution in [0.4, 0.5) is 5.95 Å². The molecule has 0 amide bonds. The van der Waals surface area contributed by atoms with Gasteiger partial charge in [0.15, 0.2) is 0 Å². The third kappa shape index (κ3) is 3.00. The van der Waals surface area contributed by atoms with Gasteiger partial charge < -0.3 is 9.32 Å². The summed E-state index contributed by atoms with van der Waals surface area (Å²) in [6, 6.07) is 3.73. The van der Waals surface area contributed by atoms with E-state index >= 15 is 0 Å². The number of halogens is 1.